The Morgan fingerprint density at radius 1 is 0.892 bits per heavy atom. The van der Waals surface area contributed by atoms with Crippen LogP contribution in [0.5, 0.6) is 0 Å². The normalized spacial score (nSPS) is 12.1. The van der Waals surface area contributed by atoms with Crippen LogP contribution in [-0.4, -0.2) is 44.3 Å². The Hall–Kier alpha value is -3.36. The second kappa shape index (κ2) is 12.7. The minimum absolute atomic E-state index is 0.0418. The van der Waals surface area contributed by atoms with Gasteiger partial charge in [0.1, 0.15) is 12.6 Å². The fourth-order valence-corrected chi connectivity index (χ4v) is 5.31. The van der Waals surface area contributed by atoms with Crippen LogP contribution < -0.4 is 9.62 Å². The first-order chi connectivity index (χ1) is 17.6. The second-order valence-electron chi connectivity index (χ2n) is 9.13. The molecule has 37 heavy (non-hydrogen) atoms. The van der Waals surface area contributed by atoms with E-state index >= 15 is 0 Å². The Labute approximate surface area is 224 Å². The van der Waals surface area contributed by atoms with E-state index in [1.807, 2.05) is 44.2 Å². The zero-order chi connectivity index (χ0) is 27.0. The number of amides is 2. The molecule has 1 unspecified atom stereocenters. The van der Waals surface area contributed by atoms with Gasteiger partial charge in [0.2, 0.25) is 11.8 Å². The minimum Gasteiger partial charge on any atom is -0.354 e. The summed E-state index contributed by atoms with van der Waals surface area (Å²) in [6.07, 6.45) is 0. The lowest BCUT2D eigenvalue weighted by Crippen LogP contribution is -2.51. The van der Waals surface area contributed by atoms with Crippen molar-refractivity contribution in [3.05, 3.63) is 95.5 Å². The molecule has 0 radical (unpaired) electrons. The average Bonchev–Trinajstić information content (AvgIpc) is 2.89. The van der Waals surface area contributed by atoms with Gasteiger partial charge in [-0.25, -0.2) is 8.42 Å². The van der Waals surface area contributed by atoms with Crippen LogP contribution in [0, 0.1) is 5.92 Å². The second-order valence-corrected chi connectivity index (χ2v) is 11.4. The first-order valence-electron chi connectivity index (χ1n) is 12.0. The number of nitrogens with one attached hydrogen (secondary N) is 1. The molecule has 3 rings (SSSR count). The van der Waals surface area contributed by atoms with Gasteiger partial charge in [-0.3, -0.25) is 13.9 Å². The summed E-state index contributed by atoms with van der Waals surface area (Å²) < 4.78 is 28.4. The summed E-state index contributed by atoms with van der Waals surface area (Å²) in [5.74, 6) is -0.586. The summed E-state index contributed by atoms with van der Waals surface area (Å²) in [6.45, 7) is 5.71. The Balaban J connectivity index is 1.98. The smallest absolute Gasteiger partial charge is 0.264 e. The summed E-state index contributed by atoms with van der Waals surface area (Å²) in [5.41, 5.74) is 1.07. The number of anilines is 1. The molecule has 0 saturated carbocycles. The maximum atomic E-state index is 13.8. The molecule has 196 valence electrons. The molecule has 0 spiro atoms. The number of carbonyl (C=O) groups is 2. The first kappa shape index (κ1) is 28.2. The predicted octanol–water partition coefficient (Wildman–Crippen LogP) is 4.72. The quantitative estimate of drug-likeness (QED) is 0.380. The predicted molar refractivity (Wildman–Crippen MR) is 147 cm³/mol. The van der Waals surface area contributed by atoms with Crippen molar-refractivity contribution in [2.24, 2.45) is 5.92 Å². The van der Waals surface area contributed by atoms with E-state index < -0.39 is 28.5 Å². The highest BCUT2D eigenvalue weighted by atomic mass is 35.5. The highest BCUT2D eigenvalue weighted by molar-refractivity contribution is 7.92. The molecule has 1 atom stereocenters. The lowest BCUT2D eigenvalue weighted by atomic mass is 10.1. The monoisotopic (exact) mass is 541 g/mol. The van der Waals surface area contributed by atoms with Crippen LogP contribution >= 0.6 is 11.6 Å². The highest BCUT2D eigenvalue weighted by Crippen LogP contribution is 2.26. The molecule has 0 saturated heterocycles. The van der Waals surface area contributed by atoms with Crippen LogP contribution in [0.2, 0.25) is 5.02 Å². The fraction of sp³-hybridized carbons (Fsp3) is 0.286. The summed E-state index contributed by atoms with van der Waals surface area (Å²) in [6, 6.07) is 22.7. The summed E-state index contributed by atoms with van der Waals surface area (Å²) >= 11 is 6.17. The van der Waals surface area contributed by atoms with Gasteiger partial charge in [-0.05, 0) is 48.7 Å². The van der Waals surface area contributed by atoms with E-state index in [0.717, 1.165) is 9.87 Å². The molecule has 7 nitrogen and oxygen atoms in total. The van der Waals surface area contributed by atoms with Crippen LogP contribution in [0.15, 0.2) is 89.8 Å². The number of sulfonamides is 1. The lowest BCUT2D eigenvalue weighted by molar-refractivity contribution is -0.139. The number of rotatable bonds is 11. The van der Waals surface area contributed by atoms with E-state index in [2.05, 4.69) is 5.32 Å². The van der Waals surface area contributed by atoms with Crippen molar-refractivity contribution in [1.29, 1.82) is 0 Å². The average molecular weight is 542 g/mol. The van der Waals surface area contributed by atoms with Crippen LogP contribution in [0.4, 0.5) is 5.69 Å². The fourth-order valence-electron chi connectivity index (χ4n) is 3.69. The highest BCUT2D eigenvalue weighted by Gasteiger charge is 2.32. The SMILES string of the molecule is CC(C)CNC(=O)C(C)N(Cc1ccccc1)C(=O)CN(c1cccc(Cl)c1)S(=O)(=O)c1ccccc1. The van der Waals surface area contributed by atoms with E-state index in [4.69, 9.17) is 11.6 Å². The number of carbonyl (C=O) groups excluding carboxylic acids is 2. The van der Waals surface area contributed by atoms with Crippen LogP contribution in [0.25, 0.3) is 0 Å². The third kappa shape index (κ3) is 7.57. The molecule has 9 heteroatoms. The van der Waals surface area contributed by atoms with Crippen molar-refractivity contribution in [2.45, 2.75) is 38.3 Å². The van der Waals surface area contributed by atoms with E-state index in [1.54, 1.807) is 43.3 Å². The van der Waals surface area contributed by atoms with Crippen molar-refractivity contribution >= 4 is 39.1 Å². The van der Waals surface area contributed by atoms with Crippen molar-refractivity contribution in [2.75, 3.05) is 17.4 Å². The number of hydrogen-bond donors (Lipinski definition) is 1. The van der Waals surface area contributed by atoms with Crippen LogP contribution in [0.3, 0.4) is 0 Å². The van der Waals surface area contributed by atoms with E-state index in [1.165, 1.54) is 23.1 Å². The number of nitrogens with zero attached hydrogens (tertiary/aromatic N) is 2. The molecular weight excluding hydrogens is 510 g/mol. The molecule has 0 bridgehead atoms. The van der Waals surface area contributed by atoms with Crippen LogP contribution in [0.1, 0.15) is 26.3 Å². The van der Waals surface area contributed by atoms with Crippen molar-refractivity contribution in [3.63, 3.8) is 0 Å². The van der Waals surface area contributed by atoms with Gasteiger partial charge in [0.15, 0.2) is 0 Å². The molecule has 3 aromatic rings. The van der Waals surface area contributed by atoms with Gasteiger partial charge in [0.25, 0.3) is 10.0 Å². The number of benzene rings is 3. The van der Waals surface area contributed by atoms with Crippen molar-refractivity contribution < 1.29 is 18.0 Å². The zero-order valence-electron chi connectivity index (χ0n) is 21.2. The van der Waals surface area contributed by atoms with Gasteiger partial charge in [-0.2, -0.15) is 0 Å². The zero-order valence-corrected chi connectivity index (χ0v) is 22.7. The topological polar surface area (TPSA) is 86.8 Å². The van der Waals surface area contributed by atoms with Gasteiger partial charge in [0.05, 0.1) is 10.6 Å². The van der Waals surface area contributed by atoms with Crippen LogP contribution in [-0.2, 0) is 26.2 Å². The van der Waals surface area contributed by atoms with E-state index in [-0.39, 0.29) is 29.0 Å². The molecule has 2 amide bonds. The molecule has 0 aliphatic rings. The summed E-state index contributed by atoms with van der Waals surface area (Å²) in [4.78, 5) is 28.2. The molecular formula is C28H32ClN3O4S. The number of halogens is 1. The standard InChI is InChI=1S/C28H32ClN3O4S/c1-21(2)18-30-28(34)22(3)31(19-23-11-6-4-7-12-23)27(33)20-32(25-14-10-13-24(29)17-25)37(35,36)26-15-8-5-9-16-26/h4-17,21-22H,18-20H2,1-3H3,(H,30,34). The molecule has 0 fully saturated rings. The Bertz CT molecular complexity index is 1300. The van der Waals surface area contributed by atoms with Gasteiger partial charge >= 0.3 is 0 Å². The molecule has 0 aliphatic carbocycles. The summed E-state index contributed by atoms with van der Waals surface area (Å²) in [7, 11) is -4.11. The largest absolute Gasteiger partial charge is 0.354 e. The molecule has 0 aromatic heterocycles. The Morgan fingerprint density at radius 3 is 2.11 bits per heavy atom. The minimum atomic E-state index is -4.11. The first-order valence-corrected chi connectivity index (χ1v) is 13.9. The van der Waals surface area contributed by atoms with Crippen molar-refractivity contribution in [1.82, 2.24) is 10.2 Å². The van der Waals surface area contributed by atoms with E-state index in [0.29, 0.717) is 11.6 Å². The maximum Gasteiger partial charge on any atom is 0.264 e. The van der Waals surface area contributed by atoms with Gasteiger partial charge in [-0.1, -0.05) is 80.0 Å². The Kier molecular flexibility index (Phi) is 9.72. The van der Waals surface area contributed by atoms with Gasteiger partial charge in [-0.15, -0.1) is 0 Å². The lowest BCUT2D eigenvalue weighted by Gasteiger charge is -2.32. The Morgan fingerprint density at radius 2 is 1.51 bits per heavy atom. The molecule has 0 heterocycles. The number of hydrogen-bond acceptors (Lipinski definition) is 4. The third-order valence-corrected chi connectivity index (χ3v) is 7.78. The van der Waals surface area contributed by atoms with Gasteiger partial charge < -0.3 is 10.2 Å². The van der Waals surface area contributed by atoms with Gasteiger partial charge in [0, 0.05) is 18.1 Å². The summed E-state index contributed by atoms with van der Waals surface area (Å²) in [5, 5.41) is 3.20. The molecule has 0 aliphatic heterocycles. The molecule has 1 N–H and O–H groups in total. The van der Waals surface area contributed by atoms with E-state index in [9.17, 15) is 18.0 Å². The third-order valence-electron chi connectivity index (χ3n) is 5.75. The molecule has 3 aromatic carbocycles. The van der Waals surface area contributed by atoms with Crippen molar-refractivity contribution in [3.8, 4) is 0 Å². The maximum absolute atomic E-state index is 13.8.